The molecule has 0 aliphatic carbocycles. The van der Waals surface area contributed by atoms with Crippen molar-refractivity contribution in [3.8, 4) is 0 Å². The van der Waals surface area contributed by atoms with Crippen LogP contribution in [0.4, 0.5) is 8.78 Å². The number of hydrogen-bond acceptors (Lipinski definition) is 2. The minimum absolute atomic E-state index is 0.111. The van der Waals surface area contributed by atoms with Crippen molar-refractivity contribution in [2.75, 3.05) is 6.61 Å². The van der Waals surface area contributed by atoms with Crippen molar-refractivity contribution in [3.05, 3.63) is 12.2 Å². The molecule has 0 heterocycles. The molecule has 0 saturated carbocycles. The predicted octanol–water partition coefficient (Wildman–Crippen LogP) is 4.49. The lowest BCUT2D eigenvalue weighted by atomic mass is 10.1. The summed E-state index contributed by atoms with van der Waals surface area (Å²) < 4.78 is 27.9. The van der Waals surface area contributed by atoms with Gasteiger partial charge in [-0.1, -0.05) is 44.8 Å². The summed E-state index contributed by atoms with van der Waals surface area (Å²) in [6.07, 6.45) is 9.84. The topological polar surface area (TPSA) is 26.3 Å². The molecule has 0 aromatic rings. The summed E-state index contributed by atoms with van der Waals surface area (Å²) in [5.74, 6) is -1.41. The van der Waals surface area contributed by atoms with Crippen LogP contribution in [0.3, 0.4) is 0 Å². The molecule has 0 N–H and O–H groups in total. The molecule has 0 aromatic heterocycles. The second-order valence-electron chi connectivity index (χ2n) is 4.28. The van der Waals surface area contributed by atoms with Crippen LogP contribution in [0.1, 0.15) is 58.3 Å². The Hall–Kier alpha value is -0.930. The largest absolute Gasteiger partial charge is 0.461 e. The third kappa shape index (κ3) is 11.6. The molecule has 0 rings (SSSR count). The van der Waals surface area contributed by atoms with Gasteiger partial charge in [-0.25, -0.2) is 4.79 Å². The highest BCUT2D eigenvalue weighted by atomic mass is 19.3. The third-order valence-electron chi connectivity index (χ3n) is 2.56. The second-order valence-corrected chi connectivity index (χ2v) is 4.28. The van der Waals surface area contributed by atoms with Crippen LogP contribution < -0.4 is 0 Å². The van der Waals surface area contributed by atoms with Gasteiger partial charge in [0.2, 0.25) is 0 Å². The second kappa shape index (κ2) is 12.5. The van der Waals surface area contributed by atoms with Gasteiger partial charge in [0.25, 0.3) is 0 Å². The number of carbonyl (C=O) groups is 1. The van der Waals surface area contributed by atoms with Gasteiger partial charge in [0.1, 0.15) is 0 Å². The molecular formula is C14H24F2O2. The summed E-state index contributed by atoms with van der Waals surface area (Å²) in [5, 5.41) is 0. The molecule has 0 saturated heterocycles. The number of ether oxygens (including phenoxy) is 1. The van der Waals surface area contributed by atoms with Crippen LogP contribution in [0.2, 0.25) is 0 Å². The molecule has 0 atom stereocenters. The first-order valence-electron chi connectivity index (χ1n) is 6.78. The lowest BCUT2D eigenvalue weighted by Gasteiger charge is -2.03. The maximum atomic E-state index is 11.8. The van der Waals surface area contributed by atoms with Crippen LogP contribution in [0.15, 0.2) is 12.2 Å². The summed E-state index contributed by atoms with van der Waals surface area (Å²) >= 11 is 0. The first-order valence-corrected chi connectivity index (χ1v) is 6.78. The van der Waals surface area contributed by atoms with Gasteiger partial charge in [0.15, 0.2) is 0 Å². The van der Waals surface area contributed by atoms with Gasteiger partial charge in [-0.05, 0) is 25.7 Å². The van der Waals surface area contributed by atoms with Crippen LogP contribution >= 0.6 is 0 Å². The number of unbranched alkanes of at least 4 members (excludes halogenated alkanes) is 6. The maximum Gasteiger partial charge on any atom is 0.373 e. The molecule has 0 amide bonds. The van der Waals surface area contributed by atoms with Gasteiger partial charge < -0.3 is 4.74 Å². The van der Waals surface area contributed by atoms with Crippen molar-refractivity contribution in [2.45, 2.75) is 64.7 Å². The fourth-order valence-corrected chi connectivity index (χ4v) is 1.53. The molecule has 0 unspecified atom stereocenters. The Bertz CT molecular complexity index is 228. The zero-order chi connectivity index (χ0) is 13.6. The Morgan fingerprint density at radius 1 is 1.06 bits per heavy atom. The van der Waals surface area contributed by atoms with Gasteiger partial charge >= 0.3 is 12.4 Å². The highest BCUT2D eigenvalue weighted by molar-refractivity contribution is 5.72. The van der Waals surface area contributed by atoms with Crippen LogP contribution in [-0.4, -0.2) is 19.0 Å². The Morgan fingerprint density at radius 2 is 1.67 bits per heavy atom. The molecule has 0 fully saturated rings. The van der Waals surface area contributed by atoms with E-state index in [1.54, 1.807) is 0 Å². The van der Waals surface area contributed by atoms with E-state index in [0.29, 0.717) is 6.42 Å². The van der Waals surface area contributed by atoms with Crippen molar-refractivity contribution < 1.29 is 18.3 Å². The summed E-state index contributed by atoms with van der Waals surface area (Å²) in [5.41, 5.74) is 0. The lowest BCUT2D eigenvalue weighted by Crippen LogP contribution is -2.14. The first kappa shape index (κ1) is 17.1. The van der Waals surface area contributed by atoms with Gasteiger partial charge in [0.05, 0.1) is 6.61 Å². The van der Waals surface area contributed by atoms with Crippen molar-refractivity contribution in [2.24, 2.45) is 0 Å². The number of allylic oxidation sites excluding steroid dienone is 2. The maximum absolute atomic E-state index is 11.8. The number of esters is 1. The Kier molecular flexibility index (Phi) is 11.9. The van der Waals surface area contributed by atoms with E-state index in [2.05, 4.69) is 23.8 Å². The Morgan fingerprint density at radius 3 is 2.33 bits per heavy atom. The molecule has 4 heteroatoms. The highest BCUT2D eigenvalue weighted by Gasteiger charge is 2.15. The van der Waals surface area contributed by atoms with Crippen LogP contribution in [0.5, 0.6) is 0 Å². The smallest absolute Gasteiger partial charge is 0.373 e. The minimum Gasteiger partial charge on any atom is -0.461 e. The lowest BCUT2D eigenvalue weighted by molar-refractivity contribution is -0.156. The van der Waals surface area contributed by atoms with Crippen LogP contribution in [-0.2, 0) is 9.53 Å². The van der Waals surface area contributed by atoms with Crippen molar-refractivity contribution >= 4 is 5.97 Å². The average molecular weight is 262 g/mol. The first-order chi connectivity index (χ1) is 8.68. The molecule has 106 valence electrons. The fourth-order valence-electron chi connectivity index (χ4n) is 1.53. The zero-order valence-corrected chi connectivity index (χ0v) is 11.2. The Labute approximate surface area is 108 Å². The predicted molar refractivity (Wildman–Crippen MR) is 68.7 cm³/mol. The number of alkyl halides is 2. The summed E-state index contributed by atoms with van der Waals surface area (Å²) in [6, 6.07) is 0. The van der Waals surface area contributed by atoms with Crippen LogP contribution in [0, 0.1) is 0 Å². The van der Waals surface area contributed by atoms with Gasteiger partial charge in [-0.2, -0.15) is 8.78 Å². The van der Waals surface area contributed by atoms with Gasteiger partial charge in [-0.3, -0.25) is 0 Å². The van der Waals surface area contributed by atoms with E-state index < -0.39 is 12.4 Å². The molecule has 0 spiro atoms. The molecular weight excluding hydrogens is 238 g/mol. The number of carbonyl (C=O) groups excluding carboxylic acids is 1. The molecule has 18 heavy (non-hydrogen) atoms. The number of hydrogen-bond donors (Lipinski definition) is 0. The SMILES string of the molecule is CCC/C=C\CCCCCCCOC(=O)C(F)F. The molecule has 0 aliphatic rings. The molecule has 0 aromatic carbocycles. The standard InChI is InChI=1S/C14H24F2O2/c1-2-3-4-5-6-7-8-9-10-11-12-18-14(17)13(15)16/h4-5,13H,2-3,6-12H2,1H3/b5-4-. The van der Waals surface area contributed by atoms with Crippen molar-refractivity contribution in [1.29, 1.82) is 0 Å². The zero-order valence-electron chi connectivity index (χ0n) is 11.2. The number of rotatable bonds is 11. The normalized spacial score (nSPS) is 11.3. The van der Waals surface area contributed by atoms with E-state index in [4.69, 9.17) is 0 Å². The summed E-state index contributed by atoms with van der Waals surface area (Å²) in [4.78, 5) is 10.4. The minimum atomic E-state index is -3.00. The third-order valence-corrected chi connectivity index (χ3v) is 2.56. The van der Waals surface area contributed by atoms with E-state index >= 15 is 0 Å². The molecule has 0 radical (unpaired) electrons. The van der Waals surface area contributed by atoms with E-state index in [1.165, 1.54) is 6.42 Å². The summed E-state index contributed by atoms with van der Waals surface area (Å²) in [7, 11) is 0. The van der Waals surface area contributed by atoms with E-state index in [9.17, 15) is 13.6 Å². The Balaban J connectivity index is 3.14. The monoisotopic (exact) mass is 262 g/mol. The van der Waals surface area contributed by atoms with E-state index in [0.717, 1.165) is 38.5 Å². The van der Waals surface area contributed by atoms with Crippen molar-refractivity contribution in [1.82, 2.24) is 0 Å². The fraction of sp³-hybridized carbons (Fsp3) is 0.786. The highest BCUT2D eigenvalue weighted by Crippen LogP contribution is 2.07. The van der Waals surface area contributed by atoms with E-state index in [-0.39, 0.29) is 6.61 Å². The quantitative estimate of drug-likeness (QED) is 0.311. The average Bonchev–Trinajstić information content (AvgIpc) is 2.35. The molecule has 2 nitrogen and oxygen atoms in total. The van der Waals surface area contributed by atoms with Crippen LogP contribution in [0.25, 0.3) is 0 Å². The van der Waals surface area contributed by atoms with E-state index in [1.807, 2.05) is 0 Å². The van der Waals surface area contributed by atoms with Crippen molar-refractivity contribution in [3.63, 3.8) is 0 Å². The molecule has 0 aliphatic heterocycles. The number of halogens is 2. The van der Waals surface area contributed by atoms with Gasteiger partial charge in [0, 0.05) is 0 Å². The summed E-state index contributed by atoms with van der Waals surface area (Å²) in [6.45, 7) is 2.27. The molecule has 0 bridgehead atoms. The van der Waals surface area contributed by atoms with Gasteiger partial charge in [-0.15, -0.1) is 0 Å².